The lowest BCUT2D eigenvalue weighted by Crippen LogP contribution is -2.58. The fourth-order valence-corrected chi connectivity index (χ4v) is 3.98. The summed E-state index contributed by atoms with van der Waals surface area (Å²) in [5, 5.41) is 17.6. The summed E-state index contributed by atoms with van der Waals surface area (Å²) in [6.45, 7) is 4.26. The fourth-order valence-electron chi connectivity index (χ4n) is 3.98. The van der Waals surface area contributed by atoms with Crippen molar-refractivity contribution in [2.24, 2.45) is 33.8 Å². The number of aliphatic carboxylic acids is 1. The molecule has 0 bridgehead atoms. The number of nitrogens with two attached hydrogens (primary N) is 4. The van der Waals surface area contributed by atoms with Crippen LogP contribution in [0.2, 0.25) is 0 Å². The molecule has 3 amide bonds. The third-order valence-electron chi connectivity index (χ3n) is 6.57. The Bertz CT molecular complexity index is 971. The maximum atomic E-state index is 13.4. The molecule has 0 fully saturated rings. The Morgan fingerprint density at radius 3 is 2.10 bits per heavy atom. The molecule has 40 heavy (non-hydrogen) atoms. The first-order chi connectivity index (χ1) is 19.0. The van der Waals surface area contributed by atoms with Crippen LogP contribution in [0, 0.1) is 5.92 Å². The van der Waals surface area contributed by atoms with Crippen molar-refractivity contribution in [3.63, 3.8) is 0 Å². The van der Waals surface area contributed by atoms with Crippen molar-refractivity contribution < 1.29 is 24.3 Å². The first-order valence-corrected chi connectivity index (χ1v) is 13.7. The predicted molar refractivity (Wildman–Crippen MR) is 154 cm³/mol. The Labute approximate surface area is 235 Å². The van der Waals surface area contributed by atoms with Gasteiger partial charge in [-0.1, -0.05) is 50.6 Å². The zero-order valence-corrected chi connectivity index (χ0v) is 23.5. The summed E-state index contributed by atoms with van der Waals surface area (Å²) < 4.78 is 0. The molecule has 1 aromatic rings. The van der Waals surface area contributed by atoms with Gasteiger partial charge in [0.2, 0.25) is 17.7 Å². The van der Waals surface area contributed by atoms with Crippen molar-refractivity contribution in [1.82, 2.24) is 16.0 Å². The summed E-state index contributed by atoms with van der Waals surface area (Å²) in [5.74, 6) is -3.33. The Morgan fingerprint density at radius 2 is 1.52 bits per heavy atom. The number of hydrogen-bond donors (Lipinski definition) is 8. The highest BCUT2D eigenvalue weighted by atomic mass is 16.4. The topological polar surface area (TPSA) is 241 Å². The molecule has 0 aliphatic carbocycles. The molecular weight excluding hydrogens is 516 g/mol. The van der Waals surface area contributed by atoms with Crippen LogP contribution in [0.3, 0.4) is 0 Å². The number of unbranched alkanes of at least 4 members (excludes halogenated alkanes) is 1. The van der Waals surface area contributed by atoms with Crippen molar-refractivity contribution in [3.8, 4) is 0 Å². The first-order valence-electron chi connectivity index (χ1n) is 13.7. The largest absolute Gasteiger partial charge is 0.480 e. The molecule has 0 saturated carbocycles. The van der Waals surface area contributed by atoms with E-state index in [1.54, 1.807) is 6.92 Å². The highest BCUT2D eigenvalue weighted by molar-refractivity contribution is 5.94. The fraction of sp³-hybridized carbons (Fsp3) is 0.593. The maximum absolute atomic E-state index is 13.4. The number of hydrogen-bond acceptors (Lipinski definition) is 7. The van der Waals surface area contributed by atoms with Gasteiger partial charge in [-0.15, -0.1) is 0 Å². The van der Waals surface area contributed by atoms with Crippen LogP contribution in [0.15, 0.2) is 35.3 Å². The van der Waals surface area contributed by atoms with E-state index in [4.69, 9.17) is 22.9 Å². The molecule has 1 rings (SSSR count). The number of nitrogens with zero attached hydrogens (tertiary/aromatic N) is 1. The average Bonchev–Trinajstić information content (AvgIpc) is 2.92. The first kappa shape index (κ1) is 34.3. The lowest BCUT2D eigenvalue weighted by Gasteiger charge is -2.28. The average molecular weight is 563 g/mol. The number of carbonyl (C=O) groups excluding carboxylic acids is 3. The van der Waals surface area contributed by atoms with E-state index >= 15 is 0 Å². The van der Waals surface area contributed by atoms with E-state index in [-0.39, 0.29) is 24.8 Å². The molecule has 13 heteroatoms. The highest BCUT2D eigenvalue weighted by Crippen LogP contribution is 2.12. The second kappa shape index (κ2) is 18.6. The normalized spacial score (nSPS) is 14.6. The minimum atomic E-state index is -1.22. The van der Waals surface area contributed by atoms with Crippen LogP contribution in [-0.2, 0) is 25.6 Å². The van der Waals surface area contributed by atoms with Gasteiger partial charge in [-0.05, 0) is 56.6 Å². The molecule has 0 radical (unpaired) electrons. The summed E-state index contributed by atoms with van der Waals surface area (Å²) in [6, 6.07) is 5.24. The number of rotatable bonds is 19. The predicted octanol–water partition coefficient (Wildman–Crippen LogP) is -0.676. The molecule has 5 atom stereocenters. The minimum Gasteiger partial charge on any atom is -0.480 e. The lowest BCUT2D eigenvalue weighted by atomic mass is 9.96. The number of carboxylic acids is 1. The van der Waals surface area contributed by atoms with Gasteiger partial charge in [-0.25, -0.2) is 4.79 Å². The second-order valence-electron chi connectivity index (χ2n) is 9.86. The van der Waals surface area contributed by atoms with Gasteiger partial charge in [-0.3, -0.25) is 19.4 Å². The van der Waals surface area contributed by atoms with Gasteiger partial charge in [0.1, 0.15) is 18.1 Å². The quantitative estimate of drug-likeness (QED) is 0.0604. The zero-order chi connectivity index (χ0) is 30.1. The molecule has 0 aliphatic rings. The number of nitrogens with one attached hydrogen (secondary N) is 3. The van der Waals surface area contributed by atoms with Crippen LogP contribution in [-0.4, -0.2) is 72.0 Å². The molecule has 1 aromatic carbocycles. The van der Waals surface area contributed by atoms with Crippen molar-refractivity contribution in [2.45, 2.75) is 83.0 Å². The van der Waals surface area contributed by atoms with Crippen LogP contribution in [0.25, 0.3) is 0 Å². The van der Waals surface area contributed by atoms with Crippen LogP contribution in [0.4, 0.5) is 0 Å². The summed E-state index contributed by atoms with van der Waals surface area (Å²) in [5.41, 5.74) is 23.2. The number of carboxylic acid groups (broad SMARTS) is 1. The number of benzene rings is 1. The van der Waals surface area contributed by atoms with E-state index in [0.29, 0.717) is 45.1 Å². The number of guanidine groups is 1. The van der Waals surface area contributed by atoms with E-state index in [9.17, 15) is 24.3 Å². The van der Waals surface area contributed by atoms with Gasteiger partial charge >= 0.3 is 5.97 Å². The van der Waals surface area contributed by atoms with E-state index in [1.165, 1.54) is 0 Å². The van der Waals surface area contributed by atoms with Gasteiger partial charge in [0.05, 0.1) is 6.04 Å². The van der Waals surface area contributed by atoms with Crippen molar-refractivity contribution in [2.75, 3.05) is 13.1 Å². The smallest absolute Gasteiger partial charge is 0.326 e. The number of aliphatic imine (C=N–C) groups is 1. The second-order valence-corrected chi connectivity index (χ2v) is 9.86. The molecule has 224 valence electrons. The standard InChI is InChI=1S/C27H46N8O5/c1-3-17(2)22(25(38)34-21(26(39)40)13-9-15-32-27(30)31)35-24(37)20(12-7-8-14-28)33-23(36)19(29)16-18-10-5-4-6-11-18/h4-6,10-11,17,19-22H,3,7-9,12-16,28-29H2,1-2H3,(H,33,36)(H,34,38)(H,35,37)(H,39,40)(H4,30,31,32). The molecule has 13 nitrogen and oxygen atoms in total. The Hall–Kier alpha value is -3.71. The summed E-state index contributed by atoms with van der Waals surface area (Å²) in [4.78, 5) is 55.0. The molecule has 0 aromatic heterocycles. The zero-order valence-electron chi connectivity index (χ0n) is 23.5. The van der Waals surface area contributed by atoms with Gasteiger partial charge in [0.15, 0.2) is 5.96 Å². The van der Waals surface area contributed by atoms with Gasteiger partial charge in [-0.2, -0.15) is 0 Å². The lowest BCUT2D eigenvalue weighted by molar-refractivity contribution is -0.143. The Kier molecular flexibility index (Phi) is 15.9. The van der Waals surface area contributed by atoms with E-state index in [1.807, 2.05) is 37.3 Å². The van der Waals surface area contributed by atoms with Crippen molar-refractivity contribution in [1.29, 1.82) is 0 Å². The number of amides is 3. The van der Waals surface area contributed by atoms with E-state index in [0.717, 1.165) is 5.56 Å². The molecule has 12 N–H and O–H groups in total. The monoisotopic (exact) mass is 562 g/mol. The van der Waals surface area contributed by atoms with Gasteiger partial charge < -0.3 is 44.0 Å². The van der Waals surface area contributed by atoms with Gasteiger partial charge in [0, 0.05) is 6.54 Å². The van der Waals surface area contributed by atoms with Crippen LogP contribution >= 0.6 is 0 Å². The summed E-state index contributed by atoms with van der Waals surface area (Å²) in [6.07, 6.45) is 2.76. The SMILES string of the molecule is CCC(C)C(NC(=O)C(CCCCN)NC(=O)C(N)Cc1ccccc1)C(=O)NC(CCCN=C(N)N)C(=O)O. The van der Waals surface area contributed by atoms with Crippen molar-refractivity contribution >= 4 is 29.7 Å². The molecular formula is C27H46N8O5. The summed E-state index contributed by atoms with van der Waals surface area (Å²) in [7, 11) is 0. The third kappa shape index (κ3) is 12.9. The molecule has 0 heterocycles. The van der Waals surface area contributed by atoms with E-state index in [2.05, 4.69) is 20.9 Å². The van der Waals surface area contributed by atoms with Crippen LogP contribution < -0.4 is 38.9 Å². The van der Waals surface area contributed by atoms with Crippen LogP contribution in [0.5, 0.6) is 0 Å². The molecule has 0 saturated heterocycles. The minimum absolute atomic E-state index is 0.0934. The third-order valence-corrected chi connectivity index (χ3v) is 6.57. The highest BCUT2D eigenvalue weighted by Gasteiger charge is 2.32. The molecule has 5 unspecified atom stereocenters. The van der Waals surface area contributed by atoms with E-state index < -0.39 is 47.9 Å². The molecule has 0 spiro atoms. The summed E-state index contributed by atoms with van der Waals surface area (Å²) >= 11 is 0. The maximum Gasteiger partial charge on any atom is 0.326 e. The number of carbonyl (C=O) groups is 4. The van der Waals surface area contributed by atoms with Crippen molar-refractivity contribution in [3.05, 3.63) is 35.9 Å². The van der Waals surface area contributed by atoms with Crippen LogP contribution in [0.1, 0.15) is 57.9 Å². The Balaban J connectivity index is 2.96. The Morgan fingerprint density at radius 1 is 0.900 bits per heavy atom. The van der Waals surface area contributed by atoms with Gasteiger partial charge in [0.25, 0.3) is 0 Å². The molecule has 0 aliphatic heterocycles.